The molecular weight excluding hydrogens is 621 g/mol. The molecule has 4 nitrogen and oxygen atoms in total. The molecule has 3 saturated carbocycles. The molecule has 3 aliphatic rings. The van der Waals surface area contributed by atoms with Gasteiger partial charge in [-0.3, -0.25) is 0 Å². The van der Waals surface area contributed by atoms with Gasteiger partial charge in [0.15, 0.2) is 21.6 Å². The third-order valence-corrected chi connectivity index (χ3v) is 24.4. The summed E-state index contributed by atoms with van der Waals surface area (Å²) in [5.74, 6) is 2.10. The first-order valence-corrected chi connectivity index (χ1v) is 25.3. The quantitative estimate of drug-likeness (QED) is 0.255. The van der Waals surface area contributed by atoms with Gasteiger partial charge in [-0.1, -0.05) is 104 Å². The van der Waals surface area contributed by atoms with Crippen molar-refractivity contribution < 1.29 is 17.3 Å². The lowest BCUT2D eigenvalue weighted by Gasteiger charge is -2.50. The number of fused-ring (bicyclic) bond motifs is 1. The molecule has 0 bridgehead atoms. The van der Waals surface area contributed by atoms with Gasteiger partial charge in [0, 0.05) is 12.8 Å². The number of hydrogen-bond acceptors (Lipinski definition) is 4. The molecule has 1 aromatic rings. The molecule has 260 valence electrons. The second kappa shape index (κ2) is 13.0. The van der Waals surface area contributed by atoms with Gasteiger partial charge in [-0.25, -0.2) is 8.42 Å². The van der Waals surface area contributed by atoms with Gasteiger partial charge < -0.3 is 8.85 Å². The molecule has 0 saturated heterocycles. The summed E-state index contributed by atoms with van der Waals surface area (Å²) in [6.45, 7) is 29.7. The fourth-order valence-corrected chi connectivity index (χ4v) is 13.9. The lowest BCUT2D eigenvalue weighted by Crippen LogP contribution is -2.57. The maximum absolute atomic E-state index is 15.0. The Kier molecular flexibility index (Phi) is 10.7. The fourth-order valence-electron chi connectivity index (χ4n) is 8.37. The van der Waals surface area contributed by atoms with E-state index in [9.17, 15) is 8.42 Å². The van der Waals surface area contributed by atoms with E-state index in [2.05, 4.69) is 101 Å². The minimum absolute atomic E-state index is 0.0134. The van der Waals surface area contributed by atoms with E-state index in [1.165, 1.54) is 25.7 Å². The van der Waals surface area contributed by atoms with Crippen molar-refractivity contribution in [3.63, 3.8) is 0 Å². The van der Waals surface area contributed by atoms with E-state index in [0.717, 1.165) is 24.3 Å². The highest BCUT2D eigenvalue weighted by molar-refractivity contribution is 7.92. The molecule has 0 heterocycles. The third-order valence-electron chi connectivity index (χ3n) is 13.0. The summed E-state index contributed by atoms with van der Waals surface area (Å²) in [6.07, 6.45) is 12.3. The van der Waals surface area contributed by atoms with Crippen LogP contribution in [0.25, 0.3) is 0 Å². The Labute approximate surface area is 285 Å². The van der Waals surface area contributed by atoms with Crippen LogP contribution in [0.1, 0.15) is 114 Å². The predicted octanol–water partition coefficient (Wildman–Crippen LogP) is 11.5. The Morgan fingerprint density at radius 3 is 2.09 bits per heavy atom. The molecule has 7 heteroatoms. The lowest BCUT2D eigenvalue weighted by molar-refractivity contribution is 0.0437. The van der Waals surface area contributed by atoms with Gasteiger partial charge >= 0.3 is 0 Å². The van der Waals surface area contributed by atoms with Crippen molar-refractivity contribution >= 4 is 26.5 Å². The van der Waals surface area contributed by atoms with Crippen LogP contribution in [0.15, 0.2) is 58.5 Å². The zero-order chi connectivity index (χ0) is 34.6. The summed E-state index contributed by atoms with van der Waals surface area (Å²) < 4.78 is 44.3. The van der Waals surface area contributed by atoms with Gasteiger partial charge in [0.1, 0.15) is 0 Å². The predicted molar refractivity (Wildman–Crippen MR) is 200 cm³/mol. The van der Waals surface area contributed by atoms with Crippen LogP contribution in [-0.2, 0) is 18.7 Å². The Balaban J connectivity index is 1.85. The van der Waals surface area contributed by atoms with E-state index in [1.807, 2.05) is 18.2 Å². The van der Waals surface area contributed by atoms with Crippen molar-refractivity contribution in [2.24, 2.45) is 23.2 Å². The molecule has 0 amide bonds. The summed E-state index contributed by atoms with van der Waals surface area (Å²) in [4.78, 5) is -1.04. The van der Waals surface area contributed by atoms with Crippen LogP contribution < -0.4 is 0 Å². The minimum Gasteiger partial charge on any atom is -0.413 e. The van der Waals surface area contributed by atoms with Crippen LogP contribution in [0.2, 0.25) is 36.3 Å². The van der Waals surface area contributed by atoms with E-state index in [1.54, 1.807) is 17.7 Å². The molecule has 3 aliphatic carbocycles. The Bertz CT molecular complexity index is 1400. The fraction of sp³-hybridized carbons (Fsp3) is 0.744. The highest BCUT2D eigenvalue weighted by Crippen LogP contribution is 2.59. The third kappa shape index (κ3) is 7.29. The average molecular weight is 687 g/mol. The average Bonchev–Trinajstić information content (AvgIpc) is 3.28. The summed E-state index contributed by atoms with van der Waals surface area (Å²) in [6, 6.07) is 9.01. The first-order chi connectivity index (χ1) is 21.0. The van der Waals surface area contributed by atoms with Gasteiger partial charge in [-0.15, -0.1) is 0 Å². The molecule has 0 aromatic heterocycles. The number of allylic oxidation sites excluding steroid dienone is 3. The van der Waals surface area contributed by atoms with Gasteiger partial charge in [0.25, 0.3) is 0 Å². The minimum atomic E-state index is -3.87. The van der Waals surface area contributed by atoms with Gasteiger partial charge in [0.2, 0.25) is 9.84 Å². The highest BCUT2D eigenvalue weighted by Gasteiger charge is 2.56. The van der Waals surface area contributed by atoms with E-state index >= 15 is 0 Å². The number of hydrogen-bond donors (Lipinski definition) is 0. The Morgan fingerprint density at radius 2 is 1.52 bits per heavy atom. The number of sulfone groups is 1. The largest absolute Gasteiger partial charge is 0.413 e. The van der Waals surface area contributed by atoms with Crippen molar-refractivity contribution in [1.82, 2.24) is 0 Å². The van der Waals surface area contributed by atoms with E-state index in [4.69, 9.17) is 8.85 Å². The second-order valence-electron chi connectivity index (χ2n) is 18.6. The van der Waals surface area contributed by atoms with Crippen LogP contribution in [0.4, 0.5) is 0 Å². The van der Waals surface area contributed by atoms with Crippen LogP contribution in [-0.4, -0.2) is 36.1 Å². The molecule has 2 unspecified atom stereocenters. The maximum atomic E-state index is 15.0. The first kappa shape index (κ1) is 37.8. The van der Waals surface area contributed by atoms with Crippen molar-refractivity contribution in [1.29, 1.82) is 0 Å². The molecule has 1 aromatic carbocycles. The van der Waals surface area contributed by atoms with Crippen molar-refractivity contribution in [3.8, 4) is 0 Å². The molecule has 0 spiro atoms. The van der Waals surface area contributed by atoms with Crippen LogP contribution in [0.5, 0.6) is 0 Å². The molecule has 0 aliphatic heterocycles. The SMILES string of the molecule is CC(C)[C@H]1CC[C@H]2C(=CC=C3CC(O[Si](C)(C)C(C)(C)C)CC(O[Si](C)(C)C(C)(C)C)(S(=O)(=O)c4ccccc4)C3)CCC[C@]12C. The zero-order valence-electron chi connectivity index (χ0n) is 31.5. The Hall–Kier alpha value is -0.996. The van der Waals surface area contributed by atoms with Gasteiger partial charge in [-0.05, 0) is 110 Å². The molecule has 5 atom stereocenters. The van der Waals surface area contributed by atoms with E-state index in [-0.39, 0.29) is 16.2 Å². The van der Waals surface area contributed by atoms with Gasteiger partial charge in [-0.2, -0.15) is 0 Å². The second-order valence-corrected chi connectivity index (χ2v) is 30.3. The lowest BCUT2D eigenvalue weighted by atomic mass is 9.61. The summed E-state index contributed by atoms with van der Waals surface area (Å²) >= 11 is 0. The van der Waals surface area contributed by atoms with E-state index in [0.29, 0.717) is 35.0 Å². The Morgan fingerprint density at radius 1 is 0.913 bits per heavy atom. The topological polar surface area (TPSA) is 52.6 Å². The molecule has 0 N–H and O–H groups in total. The monoisotopic (exact) mass is 686 g/mol. The van der Waals surface area contributed by atoms with Crippen LogP contribution >= 0.6 is 0 Å². The summed E-state index contributed by atoms with van der Waals surface area (Å²) in [5, 5.41) is -0.132. The van der Waals surface area contributed by atoms with Crippen molar-refractivity contribution in [2.45, 2.75) is 166 Å². The van der Waals surface area contributed by atoms with Gasteiger partial charge in [0.05, 0.1) is 11.0 Å². The van der Waals surface area contributed by atoms with E-state index < -0.39 is 31.4 Å². The zero-order valence-corrected chi connectivity index (χ0v) is 34.4. The normalized spacial score (nSPS) is 31.9. The summed E-state index contributed by atoms with van der Waals surface area (Å²) in [5.41, 5.74) is 3.08. The summed E-state index contributed by atoms with van der Waals surface area (Å²) in [7, 11) is -8.60. The number of benzene rings is 1. The smallest absolute Gasteiger partial charge is 0.207 e. The first-order valence-electron chi connectivity index (χ1n) is 18.0. The molecular formula is C39H66O4SSi2. The highest BCUT2D eigenvalue weighted by atomic mass is 32.2. The van der Waals surface area contributed by atoms with Crippen molar-refractivity contribution in [2.75, 3.05) is 0 Å². The van der Waals surface area contributed by atoms with Crippen LogP contribution in [0.3, 0.4) is 0 Å². The molecule has 3 fully saturated rings. The van der Waals surface area contributed by atoms with Crippen molar-refractivity contribution in [3.05, 3.63) is 53.6 Å². The molecule has 4 rings (SSSR count). The molecule has 46 heavy (non-hydrogen) atoms. The number of rotatable bonds is 8. The van der Waals surface area contributed by atoms with Crippen LogP contribution in [0, 0.1) is 23.2 Å². The standard InChI is InChI=1S/C39H66O4SSi2/c1-29(2)34-23-24-35-31(18-17-25-38(34,35)9)22-21-30-26-32(42-45(10,11)36(3,4)5)28-39(27-30,43-46(12,13)37(6,7)8)44(40,41)33-19-15-14-16-20-33/h14-16,19-22,29,32,34-35H,17-18,23-28H2,1-13H3/t32?,34-,35+,38-,39?/m1/s1. The molecule has 0 radical (unpaired) electrons. The maximum Gasteiger partial charge on any atom is 0.207 e.